The molecule has 23 heavy (non-hydrogen) atoms. The van der Waals surface area contributed by atoms with E-state index in [9.17, 15) is 9.59 Å². The molecule has 0 radical (unpaired) electrons. The van der Waals surface area contributed by atoms with Gasteiger partial charge in [-0.2, -0.15) is 0 Å². The fourth-order valence-electron chi connectivity index (χ4n) is 2.27. The van der Waals surface area contributed by atoms with Gasteiger partial charge in [0, 0.05) is 13.1 Å². The van der Waals surface area contributed by atoms with Gasteiger partial charge in [-0.25, -0.2) is 4.79 Å². The van der Waals surface area contributed by atoms with E-state index in [1.54, 1.807) is 12.1 Å². The third-order valence-corrected chi connectivity index (χ3v) is 4.16. The first kappa shape index (κ1) is 19.0. The van der Waals surface area contributed by atoms with E-state index < -0.39 is 11.4 Å². The molecule has 1 aromatic rings. The quantitative estimate of drug-likeness (QED) is 0.674. The summed E-state index contributed by atoms with van der Waals surface area (Å²) in [5, 5.41) is 2.93. The first-order valence-corrected chi connectivity index (χ1v) is 7.78. The van der Waals surface area contributed by atoms with E-state index in [0.717, 1.165) is 5.56 Å². The van der Waals surface area contributed by atoms with Crippen LogP contribution in [-0.2, 0) is 20.9 Å². The van der Waals surface area contributed by atoms with Crippen molar-refractivity contribution in [3.8, 4) is 5.75 Å². The Labute approximate surface area is 137 Å². The van der Waals surface area contributed by atoms with E-state index in [4.69, 9.17) is 10.5 Å². The molecule has 0 bridgehead atoms. The number of nitrogens with one attached hydrogen (secondary N) is 1. The fourth-order valence-corrected chi connectivity index (χ4v) is 2.27. The topological polar surface area (TPSA) is 90.7 Å². The predicted octanol–water partition coefficient (Wildman–Crippen LogP) is 1.62. The number of esters is 1. The normalized spacial score (nSPS) is 11.0. The van der Waals surface area contributed by atoms with Crippen LogP contribution in [0.5, 0.6) is 5.75 Å². The van der Waals surface area contributed by atoms with Crippen molar-refractivity contribution in [3.05, 3.63) is 29.8 Å². The maximum Gasteiger partial charge on any atom is 0.343 e. The van der Waals surface area contributed by atoms with Gasteiger partial charge in [0.2, 0.25) is 5.91 Å². The van der Waals surface area contributed by atoms with Gasteiger partial charge in [0.05, 0.1) is 12.5 Å². The molecule has 0 aromatic heterocycles. The largest absolute Gasteiger partial charge is 0.482 e. The first-order chi connectivity index (χ1) is 11.0. The van der Waals surface area contributed by atoms with Crippen molar-refractivity contribution >= 4 is 11.9 Å². The average Bonchev–Trinajstić information content (AvgIpc) is 2.60. The van der Waals surface area contributed by atoms with Crippen LogP contribution in [0.3, 0.4) is 0 Å². The molecule has 0 unspecified atom stereocenters. The van der Waals surface area contributed by atoms with Crippen LogP contribution in [-0.4, -0.2) is 32.1 Å². The highest BCUT2D eigenvalue weighted by Gasteiger charge is 2.32. The molecule has 6 heteroatoms. The molecule has 1 aromatic carbocycles. The highest BCUT2D eigenvalue weighted by molar-refractivity contribution is 5.82. The molecule has 0 saturated heterocycles. The Morgan fingerprint density at radius 1 is 1.26 bits per heavy atom. The van der Waals surface area contributed by atoms with Gasteiger partial charge in [-0.1, -0.05) is 26.0 Å². The number of carbonyl (C=O) groups excluding carboxylic acids is 2. The predicted molar refractivity (Wildman–Crippen MR) is 87.9 cm³/mol. The highest BCUT2D eigenvalue weighted by Crippen LogP contribution is 2.25. The minimum atomic E-state index is -0.515. The van der Waals surface area contributed by atoms with Gasteiger partial charge in [0.25, 0.3) is 0 Å². The Morgan fingerprint density at radius 3 is 2.52 bits per heavy atom. The van der Waals surface area contributed by atoms with Crippen molar-refractivity contribution in [2.24, 2.45) is 11.1 Å². The fraction of sp³-hybridized carbons (Fsp3) is 0.529. The van der Waals surface area contributed by atoms with Gasteiger partial charge >= 0.3 is 5.97 Å². The number of nitrogens with two attached hydrogens (primary N) is 1. The first-order valence-electron chi connectivity index (χ1n) is 7.78. The molecule has 0 atom stereocenters. The van der Waals surface area contributed by atoms with Crippen molar-refractivity contribution in [3.63, 3.8) is 0 Å². The van der Waals surface area contributed by atoms with Crippen molar-refractivity contribution < 1.29 is 19.1 Å². The maximum absolute atomic E-state index is 12.4. The Bertz CT molecular complexity index is 519. The third-order valence-electron chi connectivity index (χ3n) is 4.16. The molecule has 0 aliphatic carbocycles. The van der Waals surface area contributed by atoms with Crippen LogP contribution in [0.2, 0.25) is 0 Å². The second-order valence-electron chi connectivity index (χ2n) is 5.39. The maximum atomic E-state index is 12.4. The molecule has 0 aliphatic rings. The lowest BCUT2D eigenvalue weighted by atomic mass is 9.81. The lowest BCUT2D eigenvalue weighted by molar-refractivity contribution is -0.142. The molecular weight excluding hydrogens is 296 g/mol. The van der Waals surface area contributed by atoms with Crippen LogP contribution < -0.4 is 15.8 Å². The molecule has 0 saturated carbocycles. The van der Waals surface area contributed by atoms with Gasteiger partial charge in [-0.3, -0.25) is 4.79 Å². The molecular formula is C17H26N2O4. The van der Waals surface area contributed by atoms with Gasteiger partial charge in [-0.15, -0.1) is 0 Å². The number of hydrogen-bond acceptors (Lipinski definition) is 5. The van der Waals surface area contributed by atoms with Crippen molar-refractivity contribution in [2.45, 2.75) is 33.2 Å². The molecule has 1 rings (SSSR count). The zero-order valence-corrected chi connectivity index (χ0v) is 14.1. The highest BCUT2D eigenvalue weighted by atomic mass is 16.6. The summed E-state index contributed by atoms with van der Waals surface area (Å²) in [4.78, 5) is 23.5. The monoisotopic (exact) mass is 322 g/mol. The number of benzene rings is 1. The summed E-state index contributed by atoms with van der Waals surface area (Å²) in [5.74, 6) is 0.0754. The summed E-state index contributed by atoms with van der Waals surface area (Å²) in [5.41, 5.74) is 6.15. The molecule has 0 aliphatic heterocycles. The lowest BCUT2D eigenvalue weighted by Gasteiger charge is -2.28. The molecule has 128 valence electrons. The Balaban J connectivity index is 2.64. The van der Waals surface area contributed by atoms with Crippen LogP contribution in [0.25, 0.3) is 0 Å². The summed E-state index contributed by atoms with van der Waals surface area (Å²) in [6, 6.07) is 7.22. The molecule has 0 fully saturated rings. The molecule has 0 heterocycles. The zero-order chi connectivity index (χ0) is 17.3. The Morgan fingerprint density at radius 2 is 1.96 bits per heavy atom. The van der Waals surface area contributed by atoms with Crippen LogP contribution in [0.4, 0.5) is 0 Å². The Kier molecular flexibility index (Phi) is 7.54. The van der Waals surface area contributed by atoms with Crippen LogP contribution in [0, 0.1) is 5.41 Å². The smallest absolute Gasteiger partial charge is 0.343 e. The van der Waals surface area contributed by atoms with E-state index in [0.29, 0.717) is 31.7 Å². The van der Waals surface area contributed by atoms with Crippen molar-refractivity contribution in [1.29, 1.82) is 0 Å². The molecule has 6 nitrogen and oxygen atoms in total. The minimum Gasteiger partial charge on any atom is -0.482 e. The summed E-state index contributed by atoms with van der Waals surface area (Å²) in [6.45, 7) is 4.51. The van der Waals surface area contributed by atoms with Gasteiger partial charge in [0.15, 0.2) is 6.61 Å². The van der Waals surface area contributed by atoms with Crippen LogP contribution in [0.15, 0.2) is 24.3 Å². The standard InChI is InChI=1S/C17H26N2O4/c1-4-17(5-2,12-18)16(21)19-10-13-7-6-8-14(9-13)23-11-15(20)22-3/h6-9H,4-5,10-12,18H2,1-3H3,(H,19,21). The summed E-state index contributed by atoms with van der Waals surface area (Å²) >= 11 is 0. The van der Waals surface area contributed by atoms with Gasteiger partial charge in [0.1, 0.15) is 5.75 Å². The van der Waals surface area contributed by atoms with E-state index in [1.807, 2.05) is 26.0 Å². The van der Waals surface area contributed by atoms with Gasteiger partial charge < -0.3 is 20.5 Å². The lowest BCUT2D eigenvalue weighted by Crippen LogP contribution is -2.45. The number of methoxy groups -OCH3 is 1. The number of hydrogen-bond donors (Lipinski definition) is 2. The van der Waals surface area contributed by atoms with E-state index in [1.165, 1.54) is 7.11 Å². The Hall–Kier alpha value is -2.08. The SMILES string of the molecule is CCC(CC)(CN)C(=O)NCc1cccc(OCC(=O)OC)c1. The minimum absolute atomic E-state index is 0.0362. The molecule has 1 amide bonds. The van der Waals surface area contributed by atoms with Gasteiger partial charge in [-0.05, 0) is 30.5 Å². The summed E-state index contributed by atoms with van der Waals surface area (Å²) < 4.78 is 9.85. The van der Waals surface area contributed by atoms with E-state index >= 15 is 0 Å². The van der Waals surface area contributed by atoms with Crippen molar-refractivity contribution in [1.82, 2.24) is 5.32 Å². The second kappa shape index (κ2) is 9.15. The summed E-state index contributed by atoms with van der Waals surface area (Å²) in [7, 11) is 1.31. The van der Waals surface area contributed by atoms with Crippen LogP contribution in [0.1, 0.15) is 32.3 Å². The number of carbonyl (C=O) groups is 2. The average molecular weight is 322 g/mol. The van der Waals surface area contributed by atoms with E-state index in [-0.39, 0.29) is 12.5 Å². The third kappa shape index (κ3) is 5.25. The van der Waals surface area contributed by atoms with Crippen LogP contribution >= 0.6 is 0 Å². The van der Waals surface area contributed by atoms with E-state index in [2.05, 4.69) is 10.1 Å². The number of ether oxygens (including phenoxy) is 2. The number of rotatable bonds is 9. The molecule has 0 spiro atoms. The van der Waals surface area contributed by atoms with Crippen molar-refractivity contribution in [2.75, 3.05) is 20.3 Å². The second-order valence-corrected chi connectivity index (χ2v) is 5.39. The molecule has 3 N–H and O–H groups in total. The summed E-state index contributed by atoms with van der Waals surface area (Å²) in [6.07, 6.45) is 1.40. The zero-order valence-electron chi connectivity index (χ0n) is 14.1. The number of amides is 1.